The minimum atomic E-state index is -0.227. The molecule has 1 rings (SSSR count). The van der Waals surface area contributed by atoms with Crippen molar-refractivity contribution in [1.82, 2.24) is 4.90 Å². The summed E-state index contributed by atoms with van der Waals surface area (Å²) in [4.78, 5) is 2.13. The number of piperidine rings is 1. The van der Waals surface area contributed by atoms with E-state index >= 15 is 0 Å². The average Bonchev–Trinajstić information content (AvgIpc) is 1.95. The van der Waals surface area contributed by atoms with Gasteiger partial charge in [-0.05, 0) is 25.9 Å². The van der Waals surface area contributed by atoms with E-state index in [1.807, 2.05) is 0 Å². The van der Waals surface area contributed by atoms with E-state index in [1.54, 1.807) is 0 Å². The summed E-state index contributed by atoms with van der Waals surface area (Å²) in [6.45, 7) is 2.32. The first kappa shape index (κ1) is 14.9. The molecule has 0 unspecified atom stereocenters. The summed E-state index contributed by atoms with van der Waals surface area (Å²) in [5, 5.41) is 0. The van der Waals surface area contributed by atoms with Crippen molar-refractivity contribution in [3.8, 4) is 0 Å². The van der Waals surface area contributed by atoms with Gasteiger partial charge in [0.25, 0.3) is 0 Å². The predicted molar refractivity (Wildman–Crippen MR) is 54.1 cm³/mol. The minimum absolute atomic E-state index is 0. The van der Waals surface area contributed by atoms with Gasteiger partial charge in [0.2, 0.25) is 0 Å². The Bertz CT molecular complexity index is 97.4. The molecule has 1 aliphatic rings. The summed E-state index contributed by atoms with van der Waals surface area (Å²) in [7, 11) is 0. The molecule has 0 aromatic rings. The highest BCUT2D eigenvalue weighted by Crippen LogP contribution is 2.06. The largest absolute Gasteiger partial charge is 0.328 e. The lowest BCUT2D eigenvalue weighted by molar-refractivity contribution is 0.198. The maximum Gasteiger partial charge on any atom is 0.102 e. The van der Waals surface area contributed by atoms with Crippen molar-refractivity contribution in [2.45, 2.75) is 18.9 Å². The van der Waals surface area contributed by atoms with Gasteiger partial charge in [-0.25, -0.2) is 4.39 Å². The predicted octanol–water partition coefficient (Wildman–Crippen LogP) is 1.22. The van der Waals surface area contributed by atoms with Crippen molar-refractivity contribution in [2.24, 2.45) is 5.73 Å². The van der Waals surface area contributed by atoms with Crippen LogP contribution in [0.2, 0.25) is 0 Å². The zero-order valence-corrected chi connectivity index (χ0v) is 8.67. The normalized spacial score (nSPS) is 19.5. The van der Waals surface area contributed by atoms with Gasteiger partial charge in [0.1, 0.15) is 6.67 Å². The zero-order valence-electron chi connectivity index (χ0n) is 7.04. The molecule has 1 fully saturated rings. The summed E-state index contributed by atoms with van der Waals surface area (Å²) < 4.78 is 11.8. The fraction of sp³-hybridized carbons (Fsp3) is 1.00. The number of hydrogen-bond donors (Lipinski definition) is 1. The molecule has 0 saturated carbocycles. The zero-order chi connectivity index (χ0) is 7.40. The van der Waals surface area contributed by atoms with Crippen LogP contribution in [0.25, 0.3) is 0 Å². The average molecular weight is 219 g/mol. The smallest absolute Gasteiger partial charge is 0.102 e. The first-order valence-corrected chi connectivity index (χ1v) is 3.87. The maximum atomic E-state index is 11.8. The quantitative estimate of drug-likeness (QED) is 0.756. The van der Waals surface area contributed by atoms with Crippen molar-refractivity contribution < 1.29 is 4.39 Å². The molecule has 12 heavy (non-hydrogen) atoms. The van der Waals surface area contributed by atoms with Crippen LogP contribution >= 0.6 is 24.8 Å². The van der Waals surface area contributed by atoms with E-state index in [9.17, 15) is 4.39 Å². The molecule has 0 atom stereocenters. The number of alkyl halides is 1. The van der Waals surface area contributed by atoms with Crippen LogP contribution < -0.4 is 5.73 Å². The minimum Gasteiger partial charge on any atom is -0.328 e. The Morgan fingerprint density at radius 2 is 1.75 bits per heavy atom. The van der Waals surface area contributed by atoms with Gasteiger partial charge >= 0.3 is 0 Å². The van der Waals surface area contributed by atoms with E-state index in [1.165, 1.54) is 0 Å². The standard InChI is InChI=1S/C7H15FN2.2ClH/c8-3-6-10-4-1-7(9)2-5-10;;/h7H,1-6,9H2;2*1H. The highest BCUT2D eigenvalue weighted by atomic mass is 35.5. The Morgan fingerprint density at radius 1 is 1.25 bits per heavy atom. The van der Waals surface area contributed by atoms with Gasteiger partial charge in [0.05, 0.1) is 0 Å². The Morgan fingerprint density at radius 3 is 2.17 bits per heavy atom. The number of rotatable bonds is 2. The molecule has 0 amide bonds. The molecule has 1 aliphatic heterocycles. The molecule has 0 spiro atoms. The van der Waals surface area contributed by atoms with Gasteiger partial charge in [0, 0.05) is 12.6 Å². The van der Waals surface area contributed by atoms with E-state index in [0.717, 1.165) is 25.9 Å². The van der Waals surface area contributed by atoms with Crippen molar-refractivity contribution in [2.75, 3.05) is 26.3 Å². The van der Waals surface area contributed by atoms with E-state index in [-0.39, 0.29) is 31.5 Å². The monoisotopic (exact) mass is 218 g/mol. The number of halogens is 3. The van der Waals surface area contributed by atoms with Crippen molar-refractivity contribution in [1.29, 1.82) is 0 Å². The van der Waals surface area contributed by atoms with Gasteiger partial charge in [0.15, 0.2) is 0 Å². The molecular formula is C7H17Cl2FN2. The van der Waals surface area contributed by atoms with Gasteiger partial charge in [-0.2, -0.15) is 0 Å². The third kappa shape index (κ3) is 5.14. The van der Waals surface area contributed by atoms with Crippen molar-refractivity contribution in [3.63, 3.8) is 0 Å². The molecule has 76 valence electrons. The van der Waals surface area contributed by atoms with Gasteiger partial charge in [-0.1, -0.05) is 0 Å². The third-order valence-electron chi connectivity index (χ3n) is 2.03. The molecule has 2 nitrogen and oxygen atoms in total. The van der Waals surface area contributed by atoms with E-state index in [0.29, 0.717) is 12.6 Å². The number of nitrogens with zero attached hydrogens (tertiary/aromatic N) is 1. The topological polar surface area (TPSA) is 29.3 Å². The van der Waals surface area contributed by atoms with Crippen LogP contribution in [0.15, 0.2) is 0 Å². The van der Waals surface area contributed by atoms with Crippen LogP contribution in [0.1, 0.15) is 12.8 Å². The Balaban J connectivity index is 0. The summed E-state index contributed by atoms with van der Waals surface area (Å²) >= 11 is 0. The van der Waals surface area contributed by atoms with Gasteiger partial charge in [-0.3, -0.25) is 0 Å². The van der Waals surface area contributed by atoms with Crippen LogP contribution in [-0.4, -0.2) is 37.3 Å². The van der Waals surface area contributed by atoms with Gasteiger partial charge < -0.3 is 10.6 Å². The first-order valence-electron chi connectivity index (χ1n) is 3.87. The van der Waals surface area contributed by atoms with Crippen LogP contribution in [0, 0.1) is 0 Å². The van der Waals surface area contributed by atoms with Crippen LogP contribution in [0.4, 0.5) is 4.39 Å². The number of nitrogens with two attached hydrogens (primary N) is 1. The molecule has 0 bridgehead atoms. The molecule has 0 radical (unpaired) electrons. The van der Waals surface area contributed by atoms with E-state index < -0.39 is 0 Å². The SMILES string of the molecule is Cl.Cl.NC1CCN(CCF)CC1. The second kappa shape index (κ2) is 8.05. The Hall–Kier alpha value is 0.430. The second-order valence-electron chi connectivity index (χ2n) is 2.87. The van der Waals surface area contributed by atoms with Crippen LogP contribution in [0.5, 0.6) is 0 Å². The second-order valence-corrected chi connectivity index (χ2v) is 2.87. The lowest BCUT2D eigenvalue weighted by Gasteiger charge is -2.28. The van der Waals surface area contributed by atoms with Crippen LogP contribution in [-0.2, 0) is 0 Å². The molecule has 1 heterocycles. The van der Waals surface area contributed by atoms with Gasteiger partial charge in [-0.15, -0.1) is 24.8 Å². The lowest BCUT2D eigenvalue weighted by Crippen LogP contribution is -2.40. The summed E-state index contributed by atoms with van der Waals surface area (Å²) in [6.07, 6.45) is 2.06. The molecule has 0 aliphatic carbocycles. The first-order chi connectivity index (χ1) is 4.83. The third-order valence-corrected chi connectivity index (χ3v) is 2.03. The Kier molecular flexibility index (Phi) is 10.0. The molecule has 2 N–H and O–H groups in total. The highest BCUT2D eigenvalue weighted by Gasteiger charge is 2.14. The van der Waals surface area contributed by atoms with E-state index in [4.69, 9.17) is 5.73 Å². The van der Waals surface area contributed by atoms with E-state index in [2.05, 4.69) is 4.90 Å². The number of hydrogen-bond acceptors (Lipinski definition) is 2. The molecule has 0 aromatic carbocycles. The summed E-state index contributed by atoms with van der Waals surface area (Å²) in [5.74, 6) is 0. The van der Waals surface area contributed by atoms with Crippen molar-refractivity contribution >= 4 is 24.8 Å². The molecular weight excluding hydrogens is 202 g/mol. The maximum absolute atomic E-state index is 11.8. The number of likely N-dealkylation sites (tertiary alicyclic amines) is 1. The molecule has 5 heteroatoms. The molecule has 1 saturated heterocycles. The molecule has 0 aromatic heterocycles. The summed E-state index contributed by atoms with van der Waals surface area (Å²) in [5.41, 5.74) is 5.67. The summed E-state index contributed by atoms with van der Waals surface area (Å²) in [6, 6.07) is 0.357. The van der Waals surface area contributed by atoms with Crippen molar-refractivity contribution in [3.05, 3.63) is 0 Å². The lowest BCUT2D eigenvalue weighted by atomic mass is 10.1. The highest BCUT2D eigenvalue weighted by molar-refractivity contribution is 5.85. The Labute approximate surface area is 85.5 Å². The van der Waals surface area contributed by atoms with Crippen LogP contribution in [0.3, 0.4) is 0 Å². The fourth-order valence-corrected chi connectivity index (χ4v) is 1.30. The fourth-order valence-electron chi connectivity index (χ4n) is 1.30.